The van der Waals surface area contributed by atoms with Gasteiger partial charge in [0.25, 0.3) is 0 Å². The first-order chi connectivity index (χ1) is 6.65. The Morgan fingerprint density at radius 2 is 2.21 bits per heavy atom. The molecule has 0 saturated heterocycles. The highest BCUT2D eigenvalue weighted by Crippen LogP contribution is 2.18. The van der Waals surface area contributed by atoms with Crippen LogP contribution in [0.5, 0.6) is 0 Å². The molecule has 0 aliphatic rings. The van der Waals surface area contributed by atoms with Crippen LogP contribution in [-0.2, 0) is 11.2 Å². The SMILES string of the molecule is CCc1[nH]c(C=O)c(C)c1C(=O)OC. The fourth-order valence-corrected chi connectivity index (χ4v) is 1.44. The monoisotopic (exact) mass is 195 g/mol. The number of carbonyl (C=O) groups excluding carboxylic acids is 2. The summed E-state index contributed by atoms with van der Waals surface area (Å²) in [5.41, 5.74) is 2.33. The van der Waals surface area contributed by atoms with Crippen LogP contribution < -0.4 is 0 Å². The maximum absolute atomic E-state index is 11.4. The Bertz CT molecular complexity index is 366. The van der Waals surface area contributed by atoms with Crippen molar-refractivity contribution in [1.29, 1.82) is 0 Å². The molecule has 0 radical (unpaired) electrons. The molecule has 0 aliphatic heterocycles. The molecule has 0 fully saturated rings. The third kappa shape index (κ3) is 1.55. The van der Waals surface area contributed by atoms with Gasteiger partial charge in [-0.05, 0) is 18.9 Å². The van der Waals surface area contributed by atoms with Crippen molar-refractivity contribution in [3.05, 3.63) is 22.5 Å². The summed E-state index contributed by atoms with van der Waals surface area (Å²) < 4.78 is 4.64. The van der Waals surface area contributed by atoms with Crippen LogP contribution in [0.2, 0.25) is 0 Å². The fraction of sp³-hybridized carbons (Fsp3) is 0.400. The number of esters is 1. The van der Waals surface area contributed by atoms with Gasteiger partial charge >= 0.3 is 5.97 Å². The molecule has 0 amide bonds. The highest BCUT2D eigenvalue weighted by atomic mass is 16.5. The minimum atomic E-state index is -0.399. The Labute approximate surface area is 82.3 Å². The maximum Gasteiger partial charge on any atom is 0.339 e. The molecular weight excluding hydrogens is 182 g/mol. The Kier molecular flexibility index (Phi) is 3.06. The molecule has 1 aromatic heterocycles. The van der Waals surface area contributed by atoms with Crippen LogP contribution in [0.25, 0.3) is 0 Å². The second kappa shape index (κ2) is 4.09. The van der Waals surface area contributed by atoms with Crippen LogP contribution in [0.1, 0.15) is 39.0 Å². The van der Waals surface area contributed by atoms with E-state index in [1.54, 1.807) is 6.92 Å². The molecule has 4 nitrogen and oxygen atoms in total. The molecule has 0 saturated carbocycles. The fourth-order valence-electron chi connectivity index (χ4n) is 1.44. The van der Waals surface area contributed by atoms with E-state index in [0.717, 1.165) is 5.69 Å². The molecule has 1 rings (SSSR count). The van der Waals surface area contributed by atoms with Crippen molar-refractivity contribution < 1.29 is 14.3 Å². The van der Waals surface area contributed by atoms with Crippen LogP contribution in [0.4, 0.5) is 0 Å². The van der Waals surface area contributed by atoms with Crippen LogP contribution >= 0.6 is 0 Å². The lowest BCUT2D eigenvalue weighted by Crippen LogP contribution is -2.05. The lowest BCUT2D eigenvalue weighted by Gasteiger charge is -2.00. The van der Waals surface area contributed by atoms with Crippen molar-refractivity contribution in [2.75, 3.05) is 7.11 Å². The van der Waals surface area contributed by atoms with Crippen molar-refractivity contribution in [2.45, 2.75) is 20.3 Å². The average molecular weight is 195 g/mol. The van der Waals surface area contributed by atoms with Crippen molar-refractivity contribution >= 4 is 12.3 Å². The topological polar surface area (TPSA) is 59.2 Å². The molecule has 0 bridgehead atoms. The van der Waals surface area contributed by atoms with Gasteiger partial charge in [-0.15, -0.1) is 0 Å². The summed E-state index contributed by atoms with van der Waals surface area (Å²) in [4.78, 5) is 24.9. The highest BCUT2D eigenvalue weighted by Gasteiger charge is 2.19. The molecular formula is C10H13NO3. The van der Waals surface area contributed by atoms with E-state index >= 15 is 0 Å². The number of aryl methyl sites for hydroxylation is 1. The summed E-state index contributed by atoms with van der Waals surface area (Å²) in [5.74, 6) is -0.399. The molecule has 0 atom stereocenters. The molecule has 76 valence electrons. The van der Waals surface area contributed by atoms with E-state index in [9.17, 15) is 9.59 Å². The number of rotatable bonds is 3. The number of aromatic amines is 1. The molecule has 0 unspecified atom stereocenters. The van der Waals surface area contributed by atoms with E-state index in [1.165, 1.54) is 7.11 Å². The van der Waals surface area contributed by atoms with Gasteiger partial charge in [0.1, 0.15) is 0 Å². The van der Waals surface area contributed by atoms with Crippen LogP contribution in [-0.4, -0.2) is 24.3 Å². The van der Waals surface area contributed by atoms with Gasteiger partial charge in [-0.25, -0.2) is 4.79 Å². The molecule has 1 N–H and O–H groups in total. The van der Waals surface area contributed by atoms with Gasteiger partial charge in [-0.3, -0.25) is 4.79 Å². The molecule has 14 heavy (non-hydrogen) atoms. The first-order valence-electron chi connectivity index (χ1n) is 4.40. The van der Waals surface area contributed by atoms with E-state index in [0.29, 0.717) is 29.5 Å². The summed E-state index contributed by atoms with van der Waals surface area (Å²) in [5, 5.41) is 0. The van der Waals surface area contributed by atoms with Crippen LogP contribution in [0, 0.1) is 6.92 Å². The quantitative estimate of drug-likeness (QED) is 0.587. The zero-order valence-corrected chi connectivity index (χ0v) is 8.51. The number of aromatic nitrogens is 1. The number of ether oxygens (including phenoxy) is 1. The Morgan fingerprint density at radius 1 is 1.57 bits per heavy atom. The molecule has 0 aromatic carbocycles. The normalized spacial score (nSPS) is 9.93. The third-order valence-electron chi connectivity index (χ3n) is 2.23. The van der Waals surface area contributed by atoms with Crippen LogP contribution in [0.15, 0.2) is 0 Å². The predicted molar refractivity (Wildman–Crippen MR) is 51.6 cm³/mol. The lowest BCUT2D eigenvalue weighted by molar-refractivity contribution is 0.0599. The lowest BCUT2D eigenvalue weighted by atomic mass is 10.1. The van der Waals surface area contributed by atoms with Crippen LogP contribution in [0.3, 0.4) is 0 Å². The van der Waals surface area contributed by atoms with E-state index in [2.05, 4.69) is 9.72 Å². The molecule has 4 heteroatoms. The minimum Gasteiger partial charge on any atom is -0.465 e. The second-order valence-electron chi connectivity index (χ2n) is 2.98. The number of H-pyrrole nitrogens is 1. The number of aldehydes is 1. The van der Waals surface area contributed by atoms with Crippen molar-refractivity contribution in [3.63, 3.8) is 0 Å². The zero-order valence-electron chi connectivity index (χ0n) is 8.51. The zero-order chi connectivity index (χ0) is 10.7. The first kappa shape index (κ1) is 10.5. The average Bonchev–Trinajstić information content (AvgIpc) is 2.53. The largest absolute Gasteiger partial charge is 0.465 e. The number of methoxy groups -OCH3 is 1. The van der Waals surface area contributed by atoms with E-state index in [4.69, 9.17) is 0 Å². The molecule has 0 aliphatic carbocycles. The summed E-state index contributed by atoms with van der Waals surface area (Å²) in [6, 6.07) is 0. The number of hydrogen-bond acceptors (Lipinski definition) is 3. The van der Waals surface area contributed by atoms with Gasteiger partial charge in [0.15, 0.2) is 6.29 Å². The Hall–Kier alpha value is -1.58. The number of nitrogens with one attached hydrogen (secondary N) is 1. The van der Waals surface area contributed by atoms with Crippen molar-refractivity contribution in [2.24, 2.45) is 0 Å². The maximum atomic E-state index is 11.4. The Morgan fingerprint density at radius 3 is 2.64 bits per heavy atom. The minimum absolute atomic E-state index is 0.399. The van der Waals surface area contributed by atoms with Gasteiger partial charge in [0.05, 0.1) is 18.4 Å². The smallest absolute Gasteiger partial charge is 0.339 e. The summed E-state index contributed by atoms with van der Waals surface area (Å²) in [6.45, 7) is 3.64. The first-order valence-corrected chi connectivity index (χ1v) is 4.40. The van der Waals surface area contributed by atoms with Gasteiger partial charge in [0.2, 0.25) is 0 Å². The van der Waals surface area contributed by atoms with E-state index in [1.807, 2.05) is 6.92 Å². The number of carbonyl (C=O) groups is 2. The molecule has 0 spiro atoms. The van der Waals surface area contributed by atoms with Gasteiger partial charge < -0.3 is 9.72 Å². The highest BCUT2D eigenvalue weighted by molar-refractivity contribution is 5.95. The van der Waals surface area contributed by atoms with Crippen molar-refractivity contribution in [1.82, 2.24) is 4.98 Å². The second-order valence-corrected chi connectivity index (χ2v) is 2.98. The van der Waals surface area contributed by atoms with Gasteiger partial charge in [0, 0.05) is 5.69 Å². The third-order valence-corrected chi connectivity index (χ3v) is 2.23. The summed E-state index contributed by atoms with van der Waals surface area (Å²) in [7, 11) is 1.33. The van der Waals surface area contributed by atoms with Gasteiger partial charge in [-0.1, -0.05) is 6.92 Å². The predicted octanol–water partition coefficient (Wildman–Crippen LogP) is 1.48. The standard InChI is InChI=1S/C10H13NO3/c1-4-7-9(10(13)14-3)6(2)8(5-12)11-7/h5,11H,4H2,1-3H3. The summed E-state index contributed by atoms with van der Waals surface area (Å²) >= 11 is 0. The molecule has 1 heterocycles. The van der Waals surface area contributed by atoms with Gasteiger partial charge in [-0.2, -0.15) is 0 Å². The number of hydrogen-bond donors (Lipinski definition) is 1. The Balaban J connectivity index is 3.31. The van der Waals surface area contributed by atoms with Crippen molar-refractivity contribution in [3.8, 4) is 0 Å². The van der Waals surface area contributed by atoms with E-state index < -0.39 is 5.97 Å². The summed E-state index contributed by atoms with van der Waals surface area (Å²) in [6.07, 6.45) is 1.38. The molecule has 1 aromatic rings. The van der Waals surface area contributed by atoms with E-state index in [-0.39, 0.29) is 0 Å².